The normalized spacial score (nSPS) is 18.2. The van der Waals surface area contributed by atoms with Gasteiger partial charge in [-0.15, -0.1) is 11.8 Å². The van der Waals surface area contributed by atoms with E-state index in [1.54, 1.807) is 11.8 Å². The molecule has 0 spiro atoms. The van der Waals surface area contributed by atoms with Gasteiger partial charge in [0, 0.05) is 6.92 Å². The lowest BCUT2D eigenvalue weighted by Gasteiger charge is -2.44. The van der Waals surface area contributed by atoms with Gasteiger partial charge in [-0.05, 0) is 16.7 Å². The number of carbonyl (C=O) groups is 2. The summed E-state index contributed by atoms with van der Waals surface area (Å²) >= 11 is 1.68. The molecule has 4 rings (SSSR count). The van der Waals surface area contributed by atoms with Gasteiger partial charge in [0.2, 0.25) is 5.91 Å². The second kappa shape index (κ2) is 8.76. The fourth-order valence-corrected chi connectivity index (χ4v) is 5.52. The molecule has 30 heavy (non-hydrogen) atoms. The molecule has 0 saturated carbocycles. The van der Waals surface area contributed by atoms with E-state index in [4.69, 9.17) is 4.74 Å². The van der Waals surface area contributed by atoms with E-state index in [1.165, 1.54) is 6.92 Å². The van der Waals surface area contributed by atoms with Gasteiger partial charge in [0.15, 0.2) is 0 Å². The van der Waals surface area contributed by atoms with Gasteiger partial charge in [-0.2, -0.15) is 0 Å². The third-order valence-electron chi connectivity index (χ3n) is 5.30. The van der Waals surface area contributed by atoms with Crippen LogP contribution >= 0.6 is 11.8 Å². The molecule has 2 unspecified atom stereocenters. The Bertz CT molecular complexity index is 912. The number of hydrogen-bond donors (Lipinski definition) is 1. The average molecular weight is 418 g/mol. The van der Waals surface area contributed by atoms with Crippen molar-refractivity contribution in [3.8, 4) is 0 Å². The summed E-state index contributed by atoms with van der Waals surface area (Å²) in [6.45, 7) is 1.45. The first-order valence-corrected chi connectivity index (χ1v) is 10.8. The average Bonchev–Trinajstić information content (AvgIpc) is 2.78. The fraction of sp³-hybridized carbons (Fsp3) is 0.200. The number of rotatable bonds is 7. The molecule has 4 nitrogen and oxygen atoms in total. The minimum Gasteiger partial charge on any atom is -0.465 e. The van der Waals surface area contributed by atoms with Crippen LogP contribution in [0.4, 0.5) is 0 Å². The molecular formula is C25H23NO3S. The molecule has 3 aromatic rings. The third-order valence-corrected chi connectivity index (χ3v) is 7.06. The molecule has 0 aromatic heterocycles. The van der Waals surface area contributed by atoms with E-state index in [0.29, 0.717) is 0 Å². The first-order chi connectivity index (χ1) is 14.6. The van der Waals surface area contributed by atoms with Crippen molar-refractivity contribution in [2.75, 3.05) is 6.61 Å². The van der Waals surface area contributed by atoms with Gasteiger partial charge < -0.3 is 10.1 Å². The molecule has 1 saturated heterocycles. The molecular weight excluding hydrogens is 394 g/mol. The highest BCUT2D eigenvalue weighted by atomic mass is 32.2. The van der Waals surface area contributed by atoms with E-state index in [0.717, 1.165) is 16.7 Å². The number of ether oxygens (including phenoxy) is 1. The number of thioether (sulfide) groups is 1. The lowest BCUT2D eigenvalue weighted by Crippen LogP contribution is -2.59. The number of hydrogen-bond acceptors (Lipinski definition) is 4. The maximum Gasteiger partial charge on any atom is 0.302 e. The van der Waals surface area contributed by atoms with E-state index in [2.05, 4.69) is 41.7 Å². The standard InChI is InChI=1S/C25H23NO3S/c1-18(27)29-17-22-23(28)26-24(22)30-25(19-11-5-2-6-12-19,20-13-7-3-8-14-20)21-15-9-4-10-16-21/h2-16,22,24H,17H2,1H3,(H,26,28). The van der Waals surface area contributed by atoms with Crippen LogP contribution in [0.15, 0.2) is 91.0 Å². The van der Waals surface area contributed by atoms with Crippen molar-refractivity contribution in [3.63, 3.8) is 0 Å². The SMILES string of the molecule is CC(=O)OCC1C(=O)NC1SC(c1ccccc1)(c1ccccc1)c1ccccc1. The molecule has 0 aliphatic carbocycles. The van der Waals surface area contributed by atoms with Crippen molar-refractivity contribution in [1.82, 2.24) is 5.32 Å². The number of β-lactam (4-membered cyclic amide) rings is 1. The van der Waals surface area contributed by atoms with Crippen molar-refractivity contribution < 1.29 is 14.3 Å². The zero-order valence-corrected chi connectivity index (χ0v) is 17.5. The van der Waals surface area contributed by atoms with Crippen LogP contribution < -0.4 is 5.32 Å². The van der Waals surface area contributed by atoms with Crippen molar-refractivity contribution >= 4 is 23.6 Å². The lowest BCUT2D eigenvalue weighted by molar-refractivity contribution is -0.147. The summed E-state index contributed by atoms with van der Waals surface area (Å²) in [6.07, 6.45) is 0. The monoisotopic (exact) mass is 417 g/mol. The quantitative estimate of drug-likeness (QED) is 0.353. The molecule has 1 amide bonds. The van der Waals surface area contributed by atoms with Gasteiger partial charge >= 0.3 is 5.97 Å². The zero-order chi connectivity index (χ0) is 21.0. The van der Waals surface area contributed by atoms with Gasteiger partial charge in [0.25, 0.3) is 0 Å². The zero-order valence-electron chi connectivity index (χ0n) is 16.7. The Morgan fingerprint density at radius 3 is 1.67 bits per heavy atom. The summed E-state index contributed by atoms with van der Waals surface area (Å²) in [5, 5.41) is 2.83. The number of benzene rings is 3. The first-order valence-electron chi connectivity index (χ1n) is 9.89. The molecule has 5 heteroatoms. The molecule has 1 aliphatic rings. The second-order valence-corrected chi connectivity index (χ2v) is 8.59. The van der Waals surface area contributed by atoms with E-state index in [-0.39, 0.29) is 29.8 Å². The highest BCUT2D eigenvalue weighted by molar-refractivity contribution is 8.01. The minimum absolute atomic E-state index is 0.0863. The summed E-state index contributed by atoms with van der Waals surface area (Å²) in [5.74, 6) is -0.842. The van der Waals surface area contributed by atoms with E-state index < -0.39 is 4.75 Å². The predicted molar refractivity (Wildman–Crippen MR) is 119 cm³/mol. The third kappa shape index (κ3) is 3.85. The van der Waals surface area contributed by atoms with Crippen molar-refractivity contribution in [2.45, 2.75) is 17.0 Å². The molecule has 152 valence electrons. The Morgan fingerprint density at radius 2 is 1.30 bits per heavy atom. The van der Waals surface area contributed by atoms with Gasteiger partial charge in [-0.1, -0.05) is 91.0 Å². The second-order valence-electron chi connectivity index (χ2n) is 7.24. The summed E-state index contributed by atoms with van der Waals surface area (Å²) in [5.41, 5.74) is 3.37. The van der Waals surface area contributed by atoms with Crippen molar-refractivity contribution in [2.24, 2.45) is 5.92 Å². The minimum atomic E-state index is -0.531. The molecule has 1 fully saturated rings. The van der Waals surface area contributed by atoms with Crippen molar-refractivity contribution in [1.29, 1.82) is 0 Å². The van der Waals surface area contributed by atoms with Gasteiger partial charge in [-0.3, -0.25) is 9.59 Å². The Balaban J connectivity index is 1.81. The molecule has 0 radical (unpaired) electrons. The van der Waals surface area contributed by atoms with Crippen LogP contribution in [0.25, 0.3) is 0 Å². The van der Waals surface area contributed by atoms with Crippen LogP contribution in [0.2, 0.25) is 0 Å². The van der Waals surface area contributed by atoms with Crippen LogP contribution in [0.3, 0.4) is 0 Å². The van der Waals surface area contributed by atoms with Crippen molar-refractivity contribution in [3.05, 3.63) is 108 Å². The molecule has 1 aliphatic heterocycles. The summed E-state index contributed by atoms with van der Waals surface area (Å²) < 4.78 is 4.63. The Kier molecular flexibility index (Phi) is 5.91. The van der Waals surface area contributed by atoms with Crippen LogP contribution in [-0.2, 0) is 19.1 Å². The number of nitrogens with one attached hydrogen (secondary N) is 1. The number of esters is 1. The number of carbonyl (C=O) groups excluding carboxylic acids is 2. The molecule has 1 N–H and O–H groups in total. The fourth-order valence-electron chi connectivity index (χ4n) is 3.78. The van der Waals surface area contributed by atoms with Crippen LogP contribution in [-0.4, -0.2) is 23.9 Å². The van der Waals surface area contributed by atoms with E-state index in [1.807, 2.05) is 54.6 Å². The molecule has 3 aromatic carbocycles. The largest absolute Gasteiger partial charge is 0.465 e. The predicted octanol–water partition coefficient (Wildman–Crippen LogP) is 4.35. The highest BCUT2D eigenvalue weighted by Gasteiger charge is 2.48. The van der Waals surface area contributed by atoms with Crippen LogP contribution in [0.1, 0.15) is 23.6 Å². The molecule has 1 heterocycles. The molecule has 0 bridgehead atoms. The van der Waals surface area contributed by atoms with E-state index in [9.17, 15) is 9.59 Å². The van der Waals surface area contributed by atoms with Gasteiger partial charge in [-0.25, -0.2) is 0 Å². The summed E-state index contributed by atoms with van der Waals surface area (Å²) in [4.78, 5) is 23.5. The molecule has 2 atom stereocenters. The topological polar surface area (TPSA) is 55.4 Å². The lowest BCUT2D eigenvalue weighted by atomic mass is 9.84. The maximum absolute atomic E-state index is 12.2. The van der Waals surface area contributed by atoms with E-state index >= 15 is 0 Å². The van der Waals surface area contributed by atoms with Crippen LogP contribution in [0, 0.1) is 5.92 Å². The van der Waals surface area contributed by atoms with Gasteiger partial charge in [0.1, 0.15) is 12.5 Å². The Labute approximate surface area is 180 Å². The summed E-state index contributed by atoms with van der Waals surface area (Å²) in [6, 6.07) is 30.9. The smallest absolute Gasteiger partial charge is 0.302 e. The van der Waals surface area contributed by atoms with Crippen LogP contribution in [0.5, 0.6) is 0 Å². The van der Waals surface area contributed by atoms with Gasteiger partial charge in [0.05, 0.1) is 10.1 Å². The Hall–Kier alpha value is -3.05. The first kappa shape index (κ1) is 20.2. The Morgan fingerprint density at radius 1 is 0.867 bits per heavy atom. The maximum atomic E-state index is 12.2. The summed E-state index contributed by atoms with van der Waals surface area (Å²) in [7, 11) is 0. The highest BCUT2D eigenvalue weighted by Crippen LogP contribution is 2.52. The number of amides is 1.